The van der Waals surface area contributed by atoms with E-state index < -0.39 is 4.77 Å². The Labute approximate surface area is 79.4 Å². The van der Waals surface area contributed by atoms with Gasteiger partial charge in [0.15, 0.2) is 4.77 Å². The van der Waals surface area contributed by atoms with Crippen LogP contribution in [0.5, 0.6) is 0 Å². The van der Waals surface area contributed by atoms with Crippen LogP contribution in [0.15, 0.2) is 0 Å². The van der Waals surface area contributed by atoms with Crippen molar-refractivity contribution in [1.29, 1.82) is 0 Å². The zero-order chi connectivity index (χ0) is 8.53. The molecule has 0 aromatic heterocycles. The minimum atomic E-state index is -0.429. The van der Waals surface area contributed by atoms with Crippen LogP contribution < -0.4 is 0 Å². The first-order valence-electron chi connectivity index (χ1n) is 3.91. The van der Waals surface area contributed by atoms with Crippen molar-refractivity contribution in [3.63, 3.8) is 0 Å². The Morgan fingerprint density at radius 3 is 2.45 bits per heavy atom. The van der Waals surface area contributed by atoms with Gasteiger partial charge in [-0.1, -0.05) is 26.2 Å². The molecule has 0 aliphatic carbocycles. The summed E-state index contributed by atoms with van der Waals surface area (Å²) in [5, 5.41) is 0. The molecule has 0 heterocycles. The van der Waals surface area contributed by atoms with Crippen molar-refractivity contribution in [1.82, 2.24) is 0 Å². The zero-order valence-corrected chi connectivity index (χ0v) is 8.61. The molecule has 0 aromatic rings. The van der Waals surface area contributed by atoms with Crippen LogP contribution in [0.25, 0.3) is 0 Å². The third kappa shape index (κ3) is 10.6. The molecule has 4 heteroatoms. The van der Waals surface area contributed by atoms with Gasteiger partial charge >= 0.3 is 0 Å². The molecule has 0 unspecified atom stereocenters. The quantitative estimate of drug-likeness (QED) is 0.214. The third-order valence-electron chi connectivity index (χ3n) is 1.24. The molecule has 11 heavy (non-hydrogen) atoms. The lowest BCUT2D eigenvalue weighted by molar-refractivity contribution is -0.286. The van der Waals surface area contributed by atoms with E-state index in [1.165, 1.54) is 19.3 Å². The van der Waals surface area contributed by atoms with Crippen molar-refractivity contribution in [2.45, 2.75) is 37.4 Å². The van der Waals surface area contributed by atoms with E-state index in [1.54, 1.807) is 0 Å². The maximum absolute atomic E-state index is 4.79. The summed E-state index contributed by atoms with van der Waals surface area (Å²) in [6, 6.07) is 0. The zero-order valence-electron chi connectivity index (χ0n) is 6.82. The molecule has 0 rings (SSSR count). The topological polar surface area (TPSA) is 18.5 Å². The van der Waals surface area contributed by atoms with Gasteiger partial charge in [0, 0.05) is 0 Å². The molecule has 0 aliphatic rings. The molecule has 0 N–H and O–H groups in total. The maximum atomic E-state index is 4.79. The predicted molar refractivity (Wildman–Crippen MR) is 52.9 cm³/mol. The highest BCUT2D eigenvalue weighted by Gasteiger charge is 1.94. The molecule has 0 fully saturated rings. The molecular formula is C7H16O2S2. The molecule has 0 aromatic carbocycles. The van der Waals surface area contributed by atoms with Gasteiger partial charge in [0.2, 0.25) is 0 Å². The van der Waals surface area contributed by atoms with E-state index >= 15 is 0 Å². The number of thiol groups is 2. The monoisotopic (exact) mass is 196 g/mol. The number of hydrogen-bond acceptors (Lipinski definition) is 4. The summed E-state index contributed by atoms with van der Waals surface area (Å²) in [6.07, 6.45) is 4.74. The van der Waals surface area contributed by atoms with Gasteiger partial charge in [-0.3, -0.25) is 0 Å². The summed E-state index contributed by atoms with van der Waals surface area (Å²) in [5.41, 5.74) is 0. The first-order valence-corrected chi connectivity index (χ1v) is 4.95. The lowest BCUT2D eigenvalue weighted by Gasteiger charge is -2.04. The summed E-state index contributed by atoms with van der Waals surface area (Å²) in [4.78, 5) is 9.44. The van der Waals surface area contributed by atoms with Gasteiger partial charge in [-0.05, 0) is 6.42 Å². The first-order chi connectivity index (χ1) is 5.27. The summed E-state index contributed by atoms with van der Waals surface area (Å²) in [5.74, 6) is 0. The Morgan fingerprint density at radius 1 is 1.18 bits per heavy atom. The molecule has 0 amide bonds. The third-order valence-corrected chi connectivity index (χ3v) is 1.41. The van der Waals surface area contributed by atoms with Gasteiger partial charge in [-0.2, -0.15) is 0 Å². The van der Waals surface area contributed by atoms with Crippen LogP contribution in [-0.4, -0.2) is 11.4 Å². The minimum Gasteiger partial charge on any atom is -0.235 e. The van der Waals surface area contributed by atoms with Gasteiger partial charge in [0.1, 0.15) is 0 Å². The lowest BCUT2D eigenvalue weighted by atomic mass is 10.2. The van der Waals surface area contributed by atoms with Crippen LogP contribution in [0, 0.1) is 0 Å². The molecule has 0 spiro atoms. The predicted octanol–water partition coefficient (Wildman–Crippen LogP) is 2.66. The largest absolute Gasteiger partial charge is 0.235 e. The second-order valence-electron chi connectivity index (χ2n) is 2.31. The summed E-state index contributed by atoms with van der Waals surface area (Å²) in [7, 11) is 0. The fourth-order valence-corrected chi connectivity index (χ4v) is 0.818. The highest BCUT2D eigenvalue weighted by molar-refractivity contribution is 7.98. The number of rotatable bonds is 7. The van der Waals surface area contributed by atoms with E-state index in [0.717, 1.165) is 6.42 Å². The molecule has 68 valence electrons. The second kappa shape index (κ2) is 8.71. The van der Waals surface area contributed by atoms with Crippen LogP contribution in [0.2, 0.25) is 0 Å². The van der Waals surface area contributed by atoms with Crippen LogP contribution in [0.3, 0.4) is 0 Å². The minimum absolute atomic E-state index is 0.429. The van der Waals surface area contributed by atoms with Gasteiger partial charge < -0.3 is 0 Å². The lowest BCUT2D eigenvalue weighted by Crippen LogP contribution is -2.00. The van der Waals surface area contributed by atoms with Gasteiger partial charge in [0.05, 0.1) is 6.61 Å². The number of hydrogen-bond donors (Lipinski definition) is 2. The molecule has 0 saturated carbocycles. The van der Waals surface area contributed by atoms with E-state index in [2.05, 4.69) is 37.1 Å². The smallest absolute Gasteiger partial charge is 0.179 e. The maximum Gasteiger partial charge on any atom is 0.179 e. The Balaban J connectivity index is 2.80. The molecule has 0 radical (unpaired) electrons. The van der Waals surface area contributed by atoms with Crippen LogP contribution in [-0.2, 0) is 9.78 Å². The first kappa shape index (κ1) is 11.6. The Hall–Kier alpha value is 0.620. The standard InChI is InChI=1S/C7H16O2S2/c1-2-3-4-5-6-8-9-7(10)11/h7,10-11H,2-6H2,1H3. The molecule has 0 atom stereocenters. The van der Waals surface area contributed by atoms with Crippen molar-refractivity contribution in [2.24, 2.45) is 0 Å². The van der Waals surface area contributed by atoms with Gasteiger partial charge in [0.25, 0.3) is 0 Å². The summed E-state index contributed by atoms with van der Waals surface area (Å²) < 4.78 is -0.429. The Morgan fingerprint density at radius 2 is 1.91 bits per heavy atom. The average Bonchev–Trinajstić information content (AvgIpc) is 1.96. The van der Waals surface area contributed by atoms with Crippen molar-refractivity contribution >= 4 is 25.3 Å². The van der Waals surface area contributed by atoms with Crippen molar-refractivity contribution in [2.75, 3.05) is 6.61 Å². The summed E-state index contributed by atoms with van der Waals surface area (Å²) in [6.45, 7) is 2.81. The normalized spacial score (nSPS) is 10.9. The SMILES string of the molecule is CCCCCCOOC(S)S. The van der Waals surface area contributed by atoms with E-state index in [0.29, 0.717) is 6.61 Å². The molecule has 0 saturated heterocycles. The highest BCUT2D eigenvalue weighted by atomic mass is 32.2. The number of unbranched alkanes of at least 4 members (excludes halogenated alkanes) is 3. The fourth-order valence-electron chi connectivity index (χ4n) is 0.697. The van der Waals surface area contributed by atoms with Crippen molar-refractivity contribution < 1.29 is 9.78 Å². The van der Waals surface area contributed by atoms with Gasteiger partial charge in [-0.15, -0.1) is 25.3 Å². The van der Waals surface area contributed by atoms with Crippen LogP contribution >= 0.6 is 25.3 Å². The molecule has 0 aliphatic heterocycles. The van der Waals surface area contributed by atoms with Gasteiger partial charge in [-0.25, -0.2) is 9.78 Å². The van der Waals surface area contributed by atoms with E-state index in [4.69, 9.17) is 4.89 Å². The van der Waals surface area contributed by atoms with Crippen molar-refractivity contribution in [3.8, 4) is 0 Å². The van der Waals surface area contributed by atoms with E-state index in [1.807, 2.05) is 0 Å². The average molecular weight is 196 g/mol. The highest BCUT2D eigenvalue weighted by Crippen LogP contribution is 2.04. The van der Waals surface area contributed by atoms with Crippen LogP contribution in [0.1, 0.15) is 32.6 Å². The Kier molecular flexibility index (Phi) is 9.21. The van der Waals surface area contributed by atoms with E-state index in [9.17, 15) is 0 Å². The van der Waals surface area contributed by atoms with Crippen LogP contribution in [0.4, 0.5) is 0 Å². The summed E-state index contributed by atoms with van der Waals surface area (Å²) >= 11 is 7.72. The van der Waals surface area contributed by atoms with Crippen molar-refractivity contribution in [3.05, 3.63) is 0 Å². The Bertz CT molecular complexity index is 78.8. The fraction of sp³-hybridized carbons (Fsp3) is 1.00. The van der Waals surface area contributed by atoms with E-state index in [-0.39, 0.29) is 0 Å². The second-order valence-corrected chi connectivity index (χ2v) is 3.65. The molecule has 0 bridgehead atoms. The molecule has 2 nitrogen and oxygen atoms in total. The molecular weight excluding hydrogens is 180 g/mol.